The van der Waals surface area contributed by atoms with Crippen LogP contribution in [0.4, 0.5) is 0 Å². The molecule has 27 heavy (non-hydrogen) atoms. The molecule has 1 N–H and O–H groups in total. The minimum absolute atomic E-state index is 0. The number of hydrogen-bond donors (Lipinski definition) is 1. The molecule has 0 saturated heterocycles. The molecule has 0 atom stereocenters. The Kier molecular flexibility index (Phi) is 7.79. The van der Waals surface area contributed by atoms with Gasteiger partial charge in [-0.2, -0.15) is 10.2 Å². The number of nitrogens with zero attached hydrogens (tertiary/aromatic N) is 4. The quantitative estimate of drug-likeness (QED) is 0.513. The zero-order valence-electron chi connectivity index (χ0n) is 14.4. The lowest BCUT2D eigenvalue weighted by molar-refractivity contribution is 0.595. The van der Waals surface area contributed by atoms with Gasteiger partial charge in [-0.05, 0) is 23.8 Å². The normalized spacial score (nSPS) is 12.4. The first-order valence-electron chi connectivity index (χ1n) is 8.12. The van der Waals surface area contributed by atoms with Gasteiger partial charge in [0.1, 0.15) is 0 Å². The summed E-state index contributed by atoms with van der Waals surface area (Å²) in [5, 5.41) is 11.7. The van der Waals surface area contributed by atoms with Crippen LogP contribution in [0.5, 0.6) is 0 Å². The molecule has 0 amide bonds. The van der Waals surface area contributed by atoms with E-state index in [1.165, 1.54) is 0 Å². The Labute approximate surface area is 173 Å². The van der Waals surface area contributed by atoms with E-state index >= 15 is 0 Å². The molecule has 6 nitrogen and oxygen atoms in total. The molecule has 4 rings (SSSR count). The van der Waals surface area contributed by atoms with Crippen LogP contribution in [0.15, 0.2) is 58.7 Å². The summed E-state index contributed by atoms with van der Waals surface area (Å²) in [4.78, 5) is 17.9. The first-order chi connectivity index (χ1) is 12.3. The fraction of sp³-hybridized carbons (Fsp3) is 0.222. The Balaban J connectivity index is 0.00000131. The fourth-order valence-electron chi connectivity index (χ4n) is 2.84. The van der Waals surface area contributed by atoms with Gasteiger partial charge in [0, 0.05) is 31.5 Å². The van der Waals surface area contributed by atoms with Crippen molar-refractivity contribution in [3.63, 3.8) is 0 Å². The van der Waals surface area contributed by atoms with Crippen molar-refractivity contribution in [1.82, 2.24) is 25.1 Å². The SMILES string of the molecule is Cl.Cl.O=c1c2c(nc(SCc3ccnnc3)n1-c1ccccc1)CCNC2. The van der Waals surface area contributed by atoms with Crippen LogP contribution in [0.3, 0.4) is 0 Å². The molecule has 142 valence electrons. The summed E-state index contributed by atoms with van der Waals surface area (Å²) >= 11 is 1.55. The van der Waals surface area contributed by atoms with Gasteiger partial charge in [0.05, 0.1) is 23.1 Å². The van der Waals surface area contributed by atoms with E-state index in [1.54, 1.807) is 28.7 Å². The molecule has 0 saturated carbocycles. The Bertz CT molecular complexity index is 938. The number of aromatic nitrogens is 4. The Morgan fingerprint density at radius 2 is 1.93 bits per heavy atom. The highest BCUT2D eigenvalue weighted by molar-refractivity contribution is 7.98. The first kappa shape index (κ1) is 21.4. The van der Waals surface area contributed by atoms with Crippen LogP contribution in [0.25, 0.3) is 5.69 Å². The van der Waals surface area contributed by atoms with Crippen LogP contribution in [0.2, 0.25) is 0 Å². The van der Waals surface area contributed by atoms with E-state index in [9.17, 15) is 4.79 Å². The number of nitrogens with one attached hydrogen (secondary N) is 1. The van der Waals surface area contributed by atoms with E-state index in [-0.39, 0.29) is 30.4 Å². The third kappa shape index (κ3) is 4.68. The highest BCUT2D eigenvalue weighted by Gasteiger charge is 2.20. The maximum atomic E-state index is 13.1. The monoisotopic (exact) mass is 423 g/mol. The zero-order chi connectivity index (χ0) is 17.1. The van der Waals surface area contributed by atoms with E-state index < -0.39 is 0 Å². The van der Waals surface area contributed by atoms with E-state index in [2.05, 4.69) is 15.5 Å². The van der Waals surface area contributed by atoms with Crippen LogP contribution in [-0.2, 0) is 18.7 Å². The largest absolute Gasteiger partial charge is 0.312 e. The highest BCUT2D eigenvalue weighted by Crippen LogP contribution is 2.24. The minimum atomic E-state index is 0. The fourth-order valence-corrected chi connectivity index (χ4v) is 3.79. The second-order valence-corrected chi connectivity index (χ2v) is 6.70. The van der Waals surface area contributed by atoms with Crippen molar-refractivity contribution in [2.75, 3.05) is 6.54 Å². The molecule has 2 aromatic heterocycles. The molecular weight excluding hydrogens is 405 g/mol. The van der Waals surface area contributed by atoms with Crippen LogP contribution in [-0.4, -0.2) is 26.3 Å². The number of hydrogen-bond acceptors (Lipinski definition) is 6. The summed E-state index contributed by atoms with van der Waals surface area (Å²) in [6.45, 7) is 1.43. The summed E-state index contributed by atoms with van der Waals surface area (Å²) in [5.41, 5.74) is 3.58. The summed E-state index contributed by atoms with van der Waals surface area (Å²) in [5.74, 6) is 0.686. The lowest BCUT2D eigenvalue weighted by Crippen LogP contribution is -2.35. The topological polar surface area (TPSA) is 72.7 Å². The minimum Gasteiger partial charge on any atom is -0.312 e. The van der Waals surface area contributed by atoms with Crippen LogP contribution in [0, 0.1) is 0 Å². The molecule has 0 bridgehead atoms. The Morgan fingerprint density at radius 1 is 1.11 bits per heavy atom. The van der Waals surface area contributed by atoms with Crippen molar-refractivity contribution in [3.8, 4) is 5.69 Å². The van der Waals surface area contributed by atoms with Gasteiger partial charge in [-0.15, -0.1) is 24.8 Å². The Morgan fingerprint density at radius 3 is 2.67 bits per heavy atom. The maximum Gasteiger partial charge on any atom is 0.263 e. The van der Waals surface area contributed by atoms with Crippen LogP contribution >= 0.6 is 36.6 Å². The smallest absolute Gasteiger partial charge is 0.263 e. The second kappa shape index (κ2) is 9.85. The van der Waals surface area contributed by atoms with Gasteiger partial charge in [-0.3, -0.25) is 9.36 Å². The van der Waals surface area contributed by atoms with Crippen molar-refractivity contribution in [2.45, 2.75) is 23.9 Å². The molecule has 1 aliphatic heterocycles. The molecule has 0 radical (unpaired) electrons. The first-order valence-corrected chi connectivity index (χ1v) is 9.11. The molecule has 0 fully saturated rings. The lowest BCUT2D eigenvalue weighted by atomic mass is 10.1. The van der Waals surface area contributed by atoms with Crippen molar-refractivity contribution in [2.24, 2.45) is 0 Å². The molecule has 1 aromatic carbocycles. The predicted molar refractivity (Wildman–Crippen MR) is 111 cm³/mol. The summed E-state index contributed by atoms with van der Waals surface area (Å²) in [6, 6.07) is 11.6. The van der Waals surface area contributed by atoms with Gasteiger partial charge in [0.25, 0.3) is 5.56 Å². The average Bonchev–Trinajstić information content (AvgIpc) is 2.68. The second-order valence-electron chi connectivity index (χ2n) is 5.76. The third-order valence-electron chi connectivity index (χ3n) is 4.10. The van der Waals surface area contributed by atoms with Crippen molar-refractivity contribution >= 4 is 36.6 Å². The van der Waals surface area contributed by atoms with Crippen LogP contribution in [0.1, 0.15) is 16.8 Å². The van der Waals surface area contributed by atoms with Gasteiger partial charge in [0.15, 0.2) is 5.16 Å². The molecule has 0 spiro atoms. The molecule has 0 unspecified atom stereocenters. The average molecular weight is 424 g/mol. The maximum absolute atomic E-state index is 13.1. The van der Waals surface area contributed by atoms with Crippen LogP contribution < -0.4 is 10.9 Å². The van der Waals surface area contributed by atoms with E-state index in [0.29, 0.717) is 17.5 Å². The number of halogens is 2. The number of rotatable bonds is 4. The summed E-state index contributed by atoms with van der Waals surface area (Å²) in [7, 11) is 0. The van der Waals surface area contributed by atoms with Gasteiger partial charge in [0.2, 0.25) is 0 Å². The molecular formula is C18H19Cl2N5OS. The van der Waals surface area contributed by atoms with E-state index in [0.717, 1.165) is 35.5 Å². The van der Waals surface area contributed by atoms with Gasteiger partial charge >= 0.3 is 0 Å². The standard InChI is InChI=1S/C18H17N5OS.2ClH/c24-17-15-11-19-8-7-16(15)22-18(23(17)14-4-2-1-3-5-14)25-12-13-6-9-20-21-10-13;;/h1-6,9-10,19H,7-8,11-12H2;2*1H. The zero-order valence-corrected chi connectivity index (χ0v) is 16.8. The number of thioether (sulfide) groups is 1. The van der Waals surface area contributed by atoms with Crippen molar-refractivity contribution in [1.29, 1.82) is 0 Å². The highest BCUT2D eigenvalue weighted by atomic mass is 35.5. The third-order valence-corrected chi connectivity index (χ3v) is 5.11. The lowest BCUT2D eigenvalue weighted by Gasteiger charge is -2.20. The summed E-state index contributed by atoms with van der Waals surface area (Å²) < 4.78 is 1.71. The number of benzene rings is 1. The van der Waals surface area contributed by atoms with Crippen molar-refractivity contribution < 1.29 is 0 Å². The predicted octanol–water partition coefficient (Wildman–Crippen LogP) is 2.80. The Hall–Kier alpha value is -1.93. The van der Waals surface area contributed by atoms with E-state index in [4.69, 9.17) is 4.98 Å². The number of fused-ring (bicyclic) bond motifs is 1. The van der Waals surface area contributed by atoms with Gasteiger partial charge in [-0.25, -0.2) is 4.98 Å². The molecule has 0 aliphatic carbocycles. The van der Waals surface area contributed by atoms with E-state index in [1.807, 2.05) is 36.4 Å². The molecule has 9 heteroatoms. The molecule has 1 aliphatic rings. The van der Waals surface area contributed by atoms with Gasteiger partial charge < -0.3 is 5.32 Å². The van der Waals surface area contributed by atoms with Crippen molar-refractivity contribution in [3.05, 3.63) is 76.0 Å². The molecule has 3 aromatic rings. The van der Waals surface area contributed by atoms with Gasteiger partial charge in [-0.1, -0.05) is 30.0 Å². The summed E-state index contributed by atoms with van der Waals surface area (Å²) in [6.07, 6.45) is 4.19. The number of para-hydroxylation sites is 1. The molecule has 3 heterocycles.